The first-order valence-corrected chi connectivity index (χ1v) is 11.0. The van der Waals surface area contributed by atoms with Gasteiger partial charge >= 0.3 is 0 Å². The highest BCUT2D eigenvalue weighted by Crippen LogP contribution is 2.34. The summed E-state index contributed by atoms with van der Waals surface area (Å²) in [7, 11) is 0. The van der Waals surface area contributed by atoms with Crippen LogP contribution in [0.3, 0.4) is 0 Å². The standard InChI is InChI=1S/C23H22N4O3S.ClH/c1-16-7-8-17-21(13-16)31-23(25-17)27(11-4-10-26-12-9-24-15-26)22(28)20-14-29-18-5-2-3-6-19(18)30-20;/h2-3,5-9,12-13,15,20H,4,10-11,14H2,1H3;1H. The number of hydrogen-bond acceptors (Lipinski definition) is 6. The van der Waals surface area contributed by atoms with Crippen LogP contribution in [-0.4, -0.2) is 39.7 Å². The number of aryl methyl sites for hydroxylation is 2. The molecule has 0 aliphatic carbocycles. The number of ether oxygens (including phenoxy) is 2. The summed E-state index contributed by atoms with van der Waals surface area (Å²) < 4.78 is 14.8. The molecule has 3 heterocycles. The van der Waals surface area contributed by atoms with Crippen LogP contribution in [0.25, 0.3) is 10.2 Å². The van der Waals surface area contributed by atoms with Crippen LogP contribution < -0.4 is 14.4 Å². The lowest BCUT2D eigenvalue weighted by Gasteiger charge is -2.29. The summed E-state index contributed by atoms with van der Waals surface area (Å²) in [5.74, 6) is 1.11. The van der Waals surface area contributed by atoms with Crippen molar-refractivity contribution in [3.05, 3.63) is 66.7 Å². The maximum Gasteiger partial charge on any atom is 0.273 e. The number of imidazole rings is 1. The minimum Gasteiger partial charge on any atom is -0.485 e. The molecule has 9 heteroatoms. The number of amides is 1. The largest absolute Gasteiger partial charge is 0.485 e. The monoisotopic (exact) mass is 470 g/mol. The van der Waals surface area contributed by atoms with Crippen molar-refractivity contribution >= 4 is 45.0 Å². The number of para-hydroxylation sites is 2. The van der Waals surface area contributed by atoms with Gasteiger partial charge < -0.3 is 14.0 Å². The van der Waals surface area contributed by atoms with Crippen molar-refractivity contribution in [1.29, 1.82) is 0 Å². The molecule has 0 spiro atoms. The fourth-order valence-electron chi connectivity index (χ4n) is 3.58. The Labute approximate surface area is 196 Å². The zero-order valence-electron chi connectivity index (χ0n) is 17.5. The highest BCUT2D eigenvalue weighted by molar-refractivity contribution is 7.22. The number of fused-ring (bicyclic) bond motifs is 2. The van der Waals surface area contributed by atoms with Gasteiger partial charge in [0.25, 0.3) is 5.91 Å². The summed E-state index contributed by atoms with van der Waals surface area (Å²) in [4.78, 5) is 24.1. The normalized spacial score (nSPS) is 14.7. The predicted molar refractivity (Wildman–Crippen MR) is 127 cm³/mol. The minimum atomic E-state index is -0.711. The molecule has 0 saturated carbocycles. The Morgan fingerprint density at radius 1 is 1.25 bits per heavy atom. The number of benzene rings is 2. The van der Waals surface area contributed by atoms with E-state index < -0.39 is 6.10 Å². The molecule has 1 aliphatic rings. The van der Waals surface area contributed by atoms with Crippen molar-refractivity contribution in [2.45, 2.75) is 26.0 Å². The molecule has 5 rings (SSSR count). The summed E-state index contributed by atoms with van der Waals surface area (Å²) in [6.07, 6.45) is 5.51. The number of nitrogens with zero attached hydrogens (tertiary/aromatic N) is 4. The zero-order chi connectivity index (χ0) is 21.2. The van der Waals surface area contributed by atoms with Gasteiger partial charge in [-0.25, -0.2) is 9.97 Å². The van der Waals surface area contributed by atoms with E-state index in [-0.39, 0.29) is 24.9 Å². The molecule has 4 aromatic rings. The first-order chi connectivity index (χ1) is 15.2. The average Bonchev–Trinajstić information content (AvgIpc) is 3.45. The van der Waals surface area contributed by atoms with E-state index in [0.717, 1.165) is 23.2 Å². The molecule has 2 aromatic heterocycles. The van der Waals surface area contributed by atoms with Gasteiger partial charge in [-0.3, -0.25) is 9.69 Å². The fourth-order valence-corrected chi connectivity index (χ4v) is 4.68. The van der Waals surface area contributed by atoms with Crippen LogP contribution in [-0.2, 0) is 11.3 Å². The Kier molecular flexibility index (Phi) is 6.62. The van der Waals surface area contributed by atoms with Gasteiger partial charge in [-0.05, 0) is 43.2 Å². The van der Waals surface area contributed by atoms with Gasteiger partial charge in [-0.15, -0.1) is 12.4 Å². The van der Waals surface area contributed by atoms with Crippen LogP contribution >= 0.6 is 23.7 Å². The third-order valence-electron chi connectivity index (χ3n) is 5.17. The zero-order valence-corrected chi connectivity index (χ0v) is 19.1. The maximum atomic E-state index is 13.5. The van der Waals surface area contributed by atoms with Gasteiger partial charge in [0.15, 0.2) is 16.6 Å². The molecular formula is C23H23ClN4O3S. The quantitative estimate of drug-likeness (QED) is 0.415. The second-order valence-corrected chi connectivity index (χ2v) is 8.48. The first-order valence-electron chi connectivity index (χ1n) is 10.2. The summed E-state index contributed by atoms with van der Waals surface area (Å²) in [6, 6.07) is 13.5. The second-order valence-electron chi connectivity index (χ2n) is 7.48. The van der Waals surface area contributed by atoms with E-state index in [1.165, 1.54) is 16.9 Å². The second kappa shape index (κ2) is 9.58. The fraction of sp³-hybridized carbons (Fsp3) is 0.261. The molecule has 166 valence electrons. The lowest BCUT2D eigenvalue weighted by molar-refractivity contribution is -0.127. The summed E-state index contributed by atoms with van der Waals surface area (Å²) in [6.45, 7) is 3.52. The number of carbonyl (C=O) groups excluding carboxylic acids is 1. The van der Waals surface area contributed by atoms with Gasteiger partial charge in [-0.1, -0.05) is 29.5 Å². The Morgan fingerprint density at radius 2 is 2.09 bits per heavy atom. The Morgan fingerprint density at radius 3 is 2.91 bits per heavy atom. The van der Waals surface area contributed by atoms with E-state index in [1.54, 1.807) is 17.4 Å². The third-order valence-corrected chi connectivity index (χ3v) is 6.21. The van der Waals surface area contributed by atoms with Crippen LogP contribution in [0.15, 0.2) is 61.2 Å². The van der Waals surface area contributed by atoms with Crippen LogP contribution in [0.5, 0.6) is 11.5 Å². The number of rotatable bonds is 6. The highest BCUT2D eigenvalue weighted by atomic mass is 35.5. The third kappa shape index (κ3) is 4.56. The van der Waals surface area contributed by atoms with Crippen molar-refractivity contribution in [1.82, 2.24) is 14.5 Å². The van der Waals surface area contributed by atoms with Gasteiger partial charge in [0.1, 0.15) is 6.61 Å². The molecule has 0 saturated heterocycles. The summed E-state index contributed by atoms with van der Waals surface area (Å²) >= 11 is 1.52. The van der Waals surface area contributed by atoms with E-state index >= 15 is 0 Å². The van der Waals surface area contributed by atoms with E-state index in [2.05, 4.69) is 18.0 Å². The highest BCUT2D eigenvalue weighted by Gasteiger charge is 2.33. The van der Waals surface area contributed by atoms with Crippen LogP contribution in [0.1, 0.15) is 12.0 Å². The van der Waals surface area contributed by atoms with Crippen molar-refractivity contribution in [3.8, 4) is 11.5 Å². The number of aromatic nitrogens is 3. The van der Waals surface area contributed by atoms with Gasteiger partial charge in [-0.2, -0.15) is 0 Å². The van der Waals surface area contributed by atoms with Crippen molar-refractivity contribution in [2.24, 2.45) is 0 Å². The van der Waals surface area contributed by atoms with Crippen molar-refractivity contribution < 1.29 is 14.3 Å². The summed E-state index contributed by atoms with van der Waals surface area (Å²) in [5.41, 5.74) is 2.06. The lowest BCUT2D eigenvalue weighted by Crippen LogP contribution is -2.47. The molecule has 0 radical (unpaired) electrons. The van der Waals surface area contributed by atoms with Gasteiger partial charge in [0.2, 0.25) is 6.10 Å². The minimum absolute atomic E-state index is 0. The SMILES string of the molecule is Cc1ccc2nc(N(CCCn3ccnc3)C(=O)C3COc4ccccc4O3)sc2c1.Cl. The van der Waals surface area contributed by atoms with E-state index in [4.69, 9.17) is 14.5 Å². The first kappa shape index (κ1) is 22.1. The van der Waals surface area contributed by atoms with Crippen LogP contribution in [0.4, 0.5) is 5.13 Å². The van der Waals surface area contributed by atoms with Gasteiger partial charge in [0, 0.05) is 25.5 Å². The van der Waals surface area contributed by atoms with Crippen LogP contribution in [0, 0.1) is 6.92 Å². The predicted octanol–water partition coefficient (Wildman–Crippen LogP) is 4.49. The molecule has 2 aromatic carbocycles. The number of anilines is 1. The summed E-state index contributed by atoms with van der Waals surface area (Å²) in [5, 5.41) is 0.679. The van der Waals surface area contributed by atoms with E-state index in [9.17, 15) is 4.79 Å². The maximum absolute atomic E-state index is 13.5. The Hall–Kier alpha value is -3.10. The van der Waals surface area contributed by atoms with E-state index in [1.807, 2.05) is 47.2 Å². The van der Waals surface area contributed by atoms with Gasteiger partial charge in [0.05, 0.1) is 16.5 Å². The molecule has 1 atom stereocenters. The molecule has 1 amide bonds. The smallest absolute Gasteiger partial charge is 0.273 e. The number of thiazole rings is 1. The number of halogens is 1. The molecule has 1 aliphatic heterocycles. The van der Waals surface area contributed by atoms with Crippen molar-refractivity contribution in [2.75, 3.05) is 18.1 Å². The Bertz CT molecular complexity index is 1210. The molecule has 32 heavy (non-hydrogen) atoms. The number of hydrogen-bond donors (Lipinski definition) is 0. The molecular weight excluding hydrogens is 448 g/mol. The van der Waals surface area contributed by atoms with Crippen molar-refractivity contribution in [3.63, 3.8) is 0 Å². The number of carbonyl (C=O) groups is 1. The Balaban J connectivity index is 0.00000245. The van der Waals surface area contributed by atoms with Crippen LogP contribution in [0.2, 0.25) is 0 Å². The molecule has 7 nitrogen and oxygen atoms in total. The molecule has 0 N–H and O–H groups in total. The topological polar surface area (TPSA) is 69.5 Å². The lowest BCUT2D eigenvalue weighted by atomic mass is 10.2. The molecule has 0 bridgehead atoms. The average molecular weight is 471 g/mol. The molecule has 1 unspecified atom stereocenters. The van der Waals surface area contributed by atoms with E-state index in [0.29, 0.717) is 23.2 Å². The molecule has 0 fully saturated rings.